The van der Waals surface area contributed by atoms with Gasteiger partial charge in [-0.1, -0.05) is 72.1 Å². The van der Waals surface area contributed by atoms with Gasteiger partial charge in [-0.3, -0.25) is 4.79 Å². The van der Waals surface area contributed by atoms with Crippen LogP contribution in [0.5, 0.6) is 11.5 Å². The van der Waals surface area contributed by atoms with Crippen LogP contribution in [0.25, 0.3) is 6.08 Å². The highest BCUT2D eigenvalue weighted by Gasteiger charge is 2.41. The Labute approximate surface area is 246 Å². The maximum absolute atomic E-state index is 13.5. The van der Waals surface area contributed by atoms with Crippen molar-refractivity contribution in [3.63, 3.8) is 0 Å². The minimum absolute atomic E-state index is 0.0570. The number of hydrogen-bond acceptors (Lipinski definition) is 7. The van der Waals surface area contributed by atoms with Crippen molar-refractivity contribution in [2.75, 3.05) is 18.0 Å². The average Bonchev–Trinajstić information content (AvgIpc) is 3.30. The number of urea groups is 1. The number of para-hydroxylation sites is 2. The normalized spacial score (nSPS) is 16.9. The minimum atomic E-state index is -0.643. The quantitative estimate of drug-likeness (QED) is 0.165. The molecule has 0 bridgehead atoms. The van der Waals surface area contributed by atoms with E-state index in [1.807, 2.05) is 24.3 Å². The number of anilines is 2. The number of aromatic hydroxyl groups is 2. The summed E-state index contributed by atoms with van der Waals surface area (Å²) in [5, 5.41) is 22.2. The Hall–Kier alpha value is -4.34. The van der Waals surface area contributed by atoms with Gasteiger partial charge in [0, 0.05) is 22.9 Å². The molecule has 0 radical (unpaired) electrons. The number of carbonyl (C=O) groups is 2. The number of phenolic OH excluding ortho intramolecular Hbond substituents is 2. The second-order valence-electron chi connectivity index (χ2n) is 9.62. The van der Waals surface area contributed by atoms with Crippen LogP contribution in [-0.4, -0.2) is 40.1 Å². The van der Waals surface area contributed by atoms with Gasteiger partial charge in [0.15, 0.2) is 0 Å². The molecule has 0 spiro atoms. The number of amides is 3. The summed E-state index contributed by atoms with van der Waals surface area (Å²) in [5.74, 6) is -0.284. The smallest absolute Gasteiger partial charge is 0.325 e. The first kappa shape index (κ1) is 26.9. The van der Waals surface area contributed by atoms with Crippen LogP contribution in [0.3, 0.4) is 0 Å². The summed E-state index contributed by atoms with van der Waals surface area (Å²) in [5.41, 5.74) is 3.56. The minimum Gasteiger partial charge on any atom is -0.508 e. The van der Waals surface area contributed by atoms with E-state index in [4.69, 9.17) is 0 Å². The molecule has 3 N–H and O–H groups in total. The molecule has 1 unspecified atom stereocenters. The summed E-state index contributed by atoms with van der Waals surface area (Å²) in [6.45, 7) is 1.07. The van der Waals surface area contributed by atoms with Crippen molar-refractivity contribution in [2.24, 2.45) is 0 Å². The molecule has 1 saturated heterocycles. The number of benzene rings is 4. The number of rotatable bonds is 6. The third-order valence-electron chi connectivity index (χ3n) is 6.81. The van der Waals surface area contributed by atoms with Gasteiger partial charge >= 0.3 is 6.03 Å². The van der Waals surface area contributed by atoms with E-state index >= 15 is 0 Å². The zero-order valence-electron chi connectivity index (χ0n) is 21.9. The maximum atomic E-state index is 13.5. The van der Waals surface area contributed by atoms with Crippen LogP contribution in [0.4, 0.5) is 16.2 Å². The Morgan fingerprint density at radius 2 is 1.51 bits per heavy atom. The highest BCUT2D eigenvalue weighted by atomic mass is 32.2. The molecule has 2 aliphatic heterocycles. The summed E-state index contributed by atoms with van der Waals surface area (Å²) in [7, 11) is 0. The molecule has 2 aliphatic rings. The van der Waals surface area contributed by atoms with E-state index in [-0.39, 0.29) is 11.5 Å². The Bertz CT molecular complexity index is 1610. The lowest BCUT2D eigenvalue weighted by Gasteiger charge is -2.32. The fourth-order valence-electron chi connectivity index (χ4n) is 4.94. The molecule has 1 atom stereocenters. The number of fused-ring (bicyclic) bond motifs is 2. The highest BCUT2D eigenvalue weighted by molar-refractivity contribution is 8.04. The summed E-state index contributed by atoms with van der Waals surface area (Å²) < 4.78 is 0. The van der Waals surface area contributed by atoms with Crippen LogP contribution < -0.4 is 10.2 Å². The first-order valence-electron chi connectivity index (χ1n) is 13.2. The van der Waals surface area contributed by atoms with Crippen LogP contribution in [0.15, 0.2) is 112 Å². The van der Waals surface area contributed by atoms with Crippen molar-refractivity contribution >= 4 is 52.9 Å². The van der Waals surface area contributed by atoms with E-state index in [9.17, 15) is 19.8 Å². The van der Waals surface area contributed by atoms with E-state index in [2.05, 4.69) is 34.5 Å². The lowest BCUT2D eigenvalue weighted by molar-refractivity contribution is -0.123. The van der Waals surface area contributed by atoms with Crippen molar-refractivity contribution in [1.29, 1.82) is 0 Å². The predicted octanol–water partition coefficient (Wildman–Crippen LogP) is 7.12. The number of phenols is 2. The highest BCUT2D eigenvalue weighted by Crippen LogP contribution is 2.48. The third kappa shape index (κ3) is 5.64. The first-order chi connectivity index (χ1) is 20.0. The average molecular weight is 582 g/mol. The number of imide groups is 1. The number of thioether (sulfide) groups is 1. The molecule has 9 heteroatoms. The maximum Gasteiger partial charge on any atom is 0.325 e. The summed E-state index contributed by atoms with van der Waals surface area (Å²) in [4.78, 5) is 33.2. The van der Waals surface area contributed by atoms with Crippen LogP contribution in [-0.2, 0) is 4.79 Å². The van der Waals surface area contributed by atoms with Crippen LogP contribution in [0.2, 0.25) is 0 Å². The molecule has 3 amide bonds. The zero-order chi connectivity index (χ0) is 28.3. The van der Waals surface area contributed by atoms with Gasteiger partial charge in [-0.25, -0.2) is 9.69 Å². The summed E-state index contributed by atoms with van der Waals surface area (Å²) in [6.07, 6.45) is 2.33. The Kier molecular flexibility index (Phi) is 7.63. The molecule has 2 heterocycles. The SMILES string of the molecule is O=C(NCCCN1c2ccccc2Sc2ccccc21)N1C(=O)/C(=C\c2cccc(O)c2)SC1c1cccc(O)c1. The van der Waals surface area contributed by atoms with Gasteiger partial charge in [-0.2, -0.15) is 0 Å². The van der Waals surface area contributed by atoms with Crippen molar-refractivity contribution < 1.29 is 19.8 Å². The molecule has 206 valence electrons. The molecule has 4 aromatic rings. The van der Waals surface area contributed by atoms with Crippen molar-refractivity contribution in [3.05, 3.63) is 113 Å². The molecule has 0 saturated carbocycles. The van der Waals surface area contributed by atoms with Crippen LogP contribution >= 0.6 is 23.5 Å². The van der Waals surface area contributed by atoms with Crippen molar-refractivity contribution in [1.82, 2.24) is 10.2 Å². The van der Waals surface area contributed by atoms with E-state index < -0.39 is 17.3 Å². The number of nitrogens with zero attached hydrogens (tertiary/aromatic N) is 2. The topological polar surface area (TPSA) is 93.1 Å². The van der Waals surface area contributed by atoms with Gasteiger partial charge in [0.05, 0.1) is 16.3 Å². The Morgan fingerprint density at radius 1 is 0.854 bits per heavy atom. The number of hydrogen-bond donors (Lipinski definition) is 3. The van der Waals surface area contributed by atoms with E-state index in [1.165, 1.54) is 26.5 Å². The van der Waals surface area contributed by atoms with Gasteiger partial charge in [0.25, 0.3) is 5.91 Å². The largest absolute Gasteiger partial charge is 0.508 e. The summed E-state index contributed by atoms with van der Waals surface area (Å²) in [6, 6.07) is 29.3. The molecule has 4 aromatic carbocycles. The molecule has 41 heavy (non-hydrogen) atoms. The molecular weight excluding hydrogens is 555 g/mol. The van der Waals surface area contributed by atoms with Crippen molar-refractivity contribution in [2.45, 2.75) is 21.6 Å². The molecule has 7 nitrogen and oxygen atoms in total. The monoisotopic (exact) mass is 581 g/mol. The van der Waals surface area contributed by atoms with Crippen molar-refractivity contribution in [3.8, 4) is 11.5 Å². The van der Waals surface area contributed by atoms with Gasteiger partial charge in [0.1, 0.15) is 16.9 Å². The Morgan fingerprint density at radius 3 is 2.20 bits per heavy atom. The third-order valence-corrected chi connectivity index (χ3v) is 9.19. The Balaban J connectivity index is 1.18. The number of carbonyl (C=O) groups excluding carboxylic acids is 2. The lowest BCUT2D eigenvalue weighted by atomic mass is 10.2. The molecule has 6 rings (SSSR count). The number of nitrogens with one attached hydrogen (secondary N) is 1. The zero-order valence-corrected chi connectivity index (χ0v) is 23.6. The van der Waals surface area contributed by atoms with Crippen LogP contribution in [0.1, 0.15) is 22.9 Å². The molecule has 1 fully saturated rings. The van der Waals surface area contributed by atoms with Crippen LogP contribution in [0, 0.1) is 0 Å². The lowest BCUT2D eigenvalue weighted by Crippen LogP contribution is -2.42. The molecule has 0 aromatic heterocycles. The van der Waals surface area contributed by atoms with E-state index in [0.717, 1.165) is 11.4 Å². The standard InChI is InChI=1S/C32H27N3O4S2/c36-23-10-5-8-21(18-23)19-29-30(38)35(31(41-29)22-9-6-11-24(37)20-22)32(39)33-16-7-17-34-25-12-1-3-14-27(25)40-28-15-4-2-13-26(28)34/h1-6,8-15,18-20,31,36-37H,7,16-17H2,(H,33,39)/b29-19+. The fourth-order valence-corrected chi connectivity index (χ4v) is 7.26. The van der Waals surface area contributed by atoms with E-state index in [1.54, 1.807) is 66.4 Å². The first-order valence-corrected chi connectivity index (χ1v) is 14.9. The second-order valence-corrected chi connectivity index (χ2v) is 11.8. The van der Waals surface area contributed by atoms with Gasteiger partial charge in [-0.05, 0) is 72.2 Å². The van der Waals surface area contributed by atoms with E-state index in [0.29, 0.717) is 35.5 Å². The predicted molar refractivity (Wildman–Crippen MR) is 163 cm³/mol. The molecular formula is C32H27N3O4S2. The molecule has 0 aliphatic carbocycles. The summed E-state index contributed by atoms with van der Waals surface area (Å²) >= 11 is 2.99. The van der Waals surface area contributed by atoms with Gasteiger partial charge < -0.3 is 20.4 Å². The van der Waals surface area contributed by atoms with Gasteiger partial charge in [0.2, 0.25) is 0 Å². The van der Waals surface area contributed by atoms with Gasteiger partial charge in [-0.15, -0.1) is 0 Å². The fraction of sp³-hybridized carbons (Fsp3) is 0.125. The second kappa shape index (κ2) is 11.6.